The average Bonchev–Trinajstić information content (AvgIpc) is 2.63. The van der Waals surface area contributed by atoms with Crippen LogP contribution in [0.15, 0.2) is 42.5 Å². The van der Waals surface area contributed by atoms with Crippen LogP contribution in [0.2, 0.25) is 0 Å². The van der Waals surface area contributed by atoms with Crippen LogP contribution in [0.1, 0.15) is 11.1 Å². The van der Waals surface area contributed by atoms with Gasteiger partial charge in [0.15, 0.2) is 0 Å². The molecule has 0 aliphatic carbocycles. The molecule has 0 heterocycles. The first-order valence-corrected chi connectivity index (χ1v) is 8.86. The van der Waals surface area contributed by atoms with E-state index in [-0.39, 0.29) is 31.3 Å². The first kappa shape index (κ1) is 21.3. The fourth-order valence-electron chi connectivity index (χ4n) is 2.79. The van der Waals surface area contributed by atoms with Gasteiger partial charge in [-0.3, -0.25) is 19.8 Å². The third-order valence-corrected chi connectivity index (χ3v) is 4.15. The number of nitro groups is 1. The molecule has 0 spiro atoms. The summed E-state index contributed by atoms with van der Waals surface area (Å²) in [7, 11) is 1.72. The van der Waals surface area contributed by atoms with E-state index in [2.05, 4.69) is 5.32 Å². The summed E-state index contributed by atoms with van der Waals surface area (Å²) in [6, 6.07) is 11.6. The van der Waals surface area contributed by atoms with E-state index in [1.54, 1.807) is 18.0 Å². The predicted molar refractivity (Wildman–Crippen MR) is 107 cm³/mol. The molecule has 1 atom stereocenters. The highest BCUT2D eigenvalue weighted by atomic mass is 16.6. The summed E-state index contributed by atoms with van der Waals surface area (Å²) in [4.78, 5) is 24.2. The first-order valence-electron chi connectivity index (χ1n) is 8.86. The number of non-ortho nitro benzene ring substituents is 1. The predicted octanol–water partition coefficient (Wildman–Crippen LogP) is 2.52. The number of nitro benzene ring substituents is 1. The van der Waals surface area contributed by atoms with Gasteiger partial charge in [0, 0.05) is 18.3 Å². The van der Waals surface area contributed by atoms with Crippen molar-refractivity contribution in [2.24, 2.45) is 0 Å². The minimum Gasteiger partial charge on any atom is -0.491 e. The maximum Gasteiger partial charge on any atom is 0.273 e. The second kappa shape index (κ2) is 9.82. The summed E-state index contributed by atoms with van der Waals surface area (Å²) in [5.41, 5.74) is 2.70. The average molecular weight is 387 g/mol. The van der Waals surface area contributed by atoms with Gasteiger partial charge >= 0.3 is 0 Å². The summed E-state index contributed by atoms with van der Waals surface area (Å²) in [5, 5.41) is 23.8. The highest BCUT2D eigenvalue weighted by Gasteiger charge is 2.14. The van der Waals surface area contributed by atoms with E-state index < -0.39 is 11.0 Å². The molecule has 2 N–H and O–H groups in total. The van der Waals surface area contributed by atoms with Gasteiger partial charge in [-0.15, -0.1) is 0 Å². The second-order valence-electron chi connectivity index (χ2n) is 6.73. The van der Waals surface area contributed by atoms with Crippen LogP contribution in [-0.4, -0.2) is 53.7 Å². The zero-order chi connectivity index (χ0) is 20.7. The summed E-state index contributed by atoms with van der Waals surface area (Å²) >= 11 is 0. The van der Waals surface area contributed by atoms with Crippen molar-refractivity contribution in [3.8, 4) is 5.75 Å². The van der Waals surface area contributed by atoms with E-state index in [0.29, 0.717) is 5.75 Å². The number of hydrogen-bond donors (Lipinski definition) is 2. The van der Waals surface area contributed by atoms with Crippen LogP contribution in [-0.2, 0) is 4.79 Å². The number of carbonyl (C=O) groups is 1. The minimum absolute atomic E-state index is 0.0377. The topological polar surface area (TPSA) is 105 Å². The van der Waals surface area contributed by atoms with Gasteiger partial charge in [-0.1, -0.05) is 24.3 Å². The molecular formula is C20H25N3O5. The number of aliphatic hydroxyl groups excluding tert-OH is 1. The number of carbonyl (C=O) groups excluding carboxylic acids is 1. The Morgan fingerprint density at radius 3 is 2.54 bits per heavy atom. The van der Waals surface area contributed by atoms with E-state index >= 15 is 0 Å². The molecule has 0 saturated carbocycles. The largest absolute Gasteiger partial charge is 0.491 e. The number of nitrogens with zero attached hydrogens (tertiary/aromatic N) is 2. The van der Waals surface area contributed by atoms with Crippen molar-refractivity contribution in [1.29, 1.82) is 0 Å². The zero-order valence-electron chi connectivity index (χ0n) is 16.2. The molecular weight excluding hydrogens is 362 g/mol. The van der Waals surface area contributed by atoms with Crippen LogP contribution in [0.3, 0.4) is 0 Å². The van der Waals surface area contributed by atoms with Crippen molar-refractivity contribution in [3.05, 3.63) is 63.7 Å². The van der Waals surface area contributed by atoms with Crippen molar-refractivity contribution in [2.75, 3.05) is 32.1 Å². The number of amides is 1. The first-order chi connectivity index (χ1) is 13.3. The molecule has 1 amide bonds. The van der Waals surface area contributed by atoms with Crippen LogP contribution in [0, 0.1) is 24.0 Å². The van der Waals surface area contributed by atoms with Crippen LogP contribution in [0.5, 0.6) is 5.75 Å². The number of anilines is 1. The standard InChI is InChI=1S/C20H25N3O5/c1-14-6-4-7-15(2)20(14)21-19(25)12-22(3)11-17(24)13-28-18-9-5-8-16(10-18)23(26)27/h4-10,17,24H,11-13H2,1-3H3,(H,21,25). The number of nitrogens with one attached hydrogen (secondary N) is 1. The van der Waals surface area contributed by atoms with Crippen LogP contribution >= 0.6 is 0 Å². The maximum atomic E-state index is 12.3. The molecule has 8 heteroatoms. The smallest absolute Gasteiger partial charge is 0.273 e. The second-order valence-corrected chi connectivity index (χ2v) is 6.73. The molecule has 0 aliphatic rings. The van der Waals surface area contributed by atoms with Gasteiger partial charge in [-0.05, 0) is 38.1 Å². The van der Waals surface area contributed by atoms with E-state index in [1.165, 1.54) is 18.2 Å². The maximum absolute atomic E-state index is 12.3. The van der Waals surface area contributed by atoms with Crippen molar-refractivity contribution >= 4 is 17.3 Å². The van der Waals surface area contributed by atoms with Crippen LogP contribution in [0.25, 0.3) is 0 Å². The van der Waals surface area contributed by atoms with E-state index in [0.717, 1.165) is 16.8 Å². The van der Waals surface area contributed by atoms with E-state index in [1.807, 2.05) is 32.0 Å². The normalized spacial score (nSPS) is 11.9. The Morgan fingerprint density at radius 1 is 1.25 bits per heavy atom. The molecule has 0 fully saturated rings. The van der Waals surface area contributed by atoms with E-state index in [4.69, 9.17) is 4.74 Å². The monoisotopic (exact) mass is 387 g/mol. The van der Waals surface area contributed by atoms with E-state index in [9.17, 15) is 20.0 Å². The van der Waals surface area contributed by atoms with Gasteiger partial charge in [-0.25, -0.2) is 0 Å². The van der Waals surface area contributed by atoms with Gasteiger partial charge < -0.3 is 15.2 Å². The lowest BCUT2D eigenvalue weighted by Gasteiger charge is -2.21. The van der Waals surface area contributed by atoms with Gasteiger partial charge in [0.05, 0.1) is 17.5 Å². The summed E-state index contributed by atoms with van der Waals surface area (Å²) in [5.74, 6) is 0.135. The molecule has 0 aliphatic heterocycles. The summed E-state index contributed by atoms with van der Waals surface area (Å²) in [6.07, 6.45) is -0.850. The van der Waals surface area contributed by atoms with Crippen molar-refractivity contribution in [1.82, 2.24) is 4.90 Å². The number of hydrogen-bond acceptors (Lipinski definition) is 6. The molecule has 2 rings (SSSR count). The van der Waals surface area contributed by atoms with Crippen LogP contribution < -0.4 is 10.1 Å². The lowest BCUT2D eigenvalue weighted by atomic mass is 10.1. The van der Waals surface area contributed by atoms with Crippen LogP contribution in [0.4, 0.5) is 11.4 Å². The molecule has 0 saturated heterocycles. The molecule has 2 aromatic carbocycles. The quantitative estimate of drug-likeness (QED) is 0.506. The SMILES string of the molecule is Cc1cccc(C)c1NC(=O)CN(C)CC(O)COc1cccc([N+](=O)[O-])c1. The Morgan fingerprint density at radius 2 is 1.89 bits per heavy atom. The van der Waals surface area contributed by atoms with Crippen molar-refractivity contribution in [3.63, 3.8) is 0 Å². The highest BCUT2D eigenvalue weighted by molar-refractivity contribution is 5.93. The lowest BCUT2D eigenvalue weighted by Crippen LogP contribution is -2.38. The molecule has 0 aromatic heterocycles. The number of aliphatic hydroxyl groups is 1. The number of ether oxygens (including phenoxy) is 1. The Balaban J connectivity index is 1.80. The molecule has 28 heavy (non-hydrogen) atoms. The van der Waals surface area contributed by atoms with Crippen molar-refractivity contribution in [2.45, 2.75) is 20.0 Å². The minimum atomic E-state index is -0.850. The number of likely N-dealkylation sites (N-methyl/N-ethyl adjacent to an activating group) is 1. The Labute approximate surface area is 163 Å². The molecule has 0 radical (unpaired) electrons. The van der Waals surface area contributed by atoms with Crippen molar-refractivity contribution < 1.29 is 19.6 Å². The molecule has 8 nitrogen and oxygen atoms in total. The highest BCUT2D eigenvalue weighted by Crippen LogP contribution is 2.20. The number of rotatable bonds is 9. The number of aryl methyl sites for hydroxylation is 2. The zero-order valence-corrected chi connectivity index (χ0v) is 16.2. The molecule has 0 bridgehead atoms. The summed E-state index contributed by atoms with van der Waals surface area (Å²) < 4.78 is 5.41. The fraction of sp³-hybridized carbons (Fsp3) is 0.350. The summed E-state index contributed by atoms with van der Waals surface area (Å²) in [6.45, 7) is 4.16. The Kier molecular flexibility index (Phi) is 7.48. The molecule has 150 valence electrons. The fourth-order valence-corrected chi connectivity index (χ4v) is 2.79. The Hall–Kier alpha value is -2.97. The van der Waals surface area contributed by atoms with Gasteiger partial charge in [0.25, 0.3) is 5.69 Å². The molecule has 2 aromatic rings. The Bertz CT molecular complexity index is 820. The number of benzene rings is 2. The third-order valence-electron chi connectivity index (χ3n) is 4.15. The van der Waals surface area contributed by atoms with Gasteiger partial charge in [0.1, 0.15) is 18.5 Å². The van der Waals surface area contributed by atoms with Gasteiger partial charge in [-0.2, -0.15) is 0 Å². The lowest BCUT2D eigenvalue weighted by molar-refractivity contribution is -0.384. The van der Waals surface area contributed by atoms with Gasteiger partial charge in [0.2, 0.25) is 5.91 Å². The molecule has 1 unspecified atom stereocenters. The third kappa shape index (κ3) is 6.33. The number of para-hydroxylation sites is 1.